The summed E-state index contributed by atoms with van der Waals surface area (Å²) in [4.78, 5) is 35.9. The smallest absolute Gasteiger partial charge is 0.326 e. The van der Waals surface area contributed by atoms with Gasteiger partial charge in [-0.05, 0) is 19.8 Å². The van der Waals surface area contributed by atoms with Crippen molar-refractivity contribution in [2.75, 3.05) is 6.54 Å². The van der Waals surface area contributed by atoms with Crippen LogP contribution in [0.3, 0.4) is 0 Å². The molecule has 1 N–H and O–H groups in total. The highest BCUT2D eigenvalue weighted by Gasteiger charge is 2.35. The lowest BCUT2D eigenvalue weighted by atomic mass is 10.1. The van der Waals surface area contributed by atoms with E-state index in [-0.39, 0.29) is 17.1 Å². The van der Waals surface area contributed by atoms with Gasteiger partial charge in [-0.25, -0.2) is 4.79 Å². The number of nitrogens with zero attached hydrogens (tertiary/aromatic N) is 1. The second kappa shape index (κ2) is 4.87. The molecule has 6 heteroatoms. The molecule has 2 heterocycles. The lowest BCUT2D eigenvalue weighted by Gasteiger charge is -2.20. The number of ketones is 1. The van der Waals surface area contributed by atoms with E-state index in [0.29, 0.717) is 25.1 Å². The summed E-state index contributed by atoms with van der Waals surface area (Å²) >= 11 is 0. The molecule has 1 fully saturated rings. The molecule has 0 spiro atoms. The molecule has 0 unspecified atom stereocenters. The summed E-state index contributed by atoms with van der Waals surface area (Å²) in [6, 6.07) is 0.597. The van der Waals surface area contributed by atoms with Crippen LogP contribution in [-0.2, 0) is 4.79 Å². The molecule has 1 saturated heterocycles. The molecular formula is C13H15NO5. The van der Waals surface area contributed by atoms with E-state index in [4.69, 9.17) is 9.52 Å². The van der Waals surface area contributed by atoms with Gasteiger partial charge in [0.05, 0.1) is 5.56 Å². The van der Waals surface area contributed by atoms with Crippen LogP contribution in [0.4, 0.5) is 0 Å². The van der Waals surface area contributed by atoms with Gasteiger partial charge in [0.2, 0.25) is 0 Å². The number of hydrogen-bond donors (Lipinski definition) is 1. The van der Waals surface area contributed by atoms with Crippen molar-refractivity contribution in [3.05, 3.63) is 23.2 Å². The number of carbonyl (C=O) groups is 3. The highest BCUT2D eigenvalue weighted by molar-refractivity contribution is 6.00. The average molecular weight is 265 g/mol. The fourth-order valence-corrected chi connectivity index (χ4v) is 2.29. The number of rotatable bonds is 3. The first-order valence-corrected chi connectivity index (χ1v) is 6.07. The van der Waals surface area contributed by atoms with Gasteiger partial charge in [0, 0.05) is 19.5 Å². The van der Waals surface area contributed by atoms with Crippen LogP contribution in [0, 0.1) is 6.92 Å². The quantitative estimate of drug-likeness (QED) is 0.836. The highest BCUT2D eigenvalue weighted by atomic mass is 16.4. The van der Waals surface area contributed by atoms with Crippen LogP contribution in [-0.4, -0.2) is 40.3 Å². The summed E-state index contributed by atoms with van der Waals surface area (Å²) in [6.45, 7) is 3.35. The van der Waals surface area contributed by atoms with E-state index < -0.39 is 17.9 Å². The third-order valence-electron chi connectivity index (χ3n) is 3.29. The van der Waals surface area contributed by atoms with E-state index in [1.807, 2.05) is 0 Å². The number of carboxylic acids is 1. The van der Waals surface area contributed by atoms with Gasteiger partial charge in [0.1, 0.15) is 11.8 Å². The minimum atomic E-state index is -1.00. The third-order valence-corrected chi connectivity index (χ3v) is 3.29. The predicted molar refractivity (Wildman–Crippen MR) is 65.1 cm³/mol. The van der Waals surface area contributed by atoms with Crippen molar-refractivity contribution in [2.45, 2.75) is 32.7 Å². The van der Waals surface area contributed by atoms with Gasteiger partial charge in [0.25, 0.3) is 5.91 Å². The Kier molecular flexibility index (Phi) is 3.42. The molecule has 1 aliphatic rings. The van der Waals surface area contributed by atoms with Gasteiger partial charge in [-0.1, -0.05) is 0 Å². The molecule has 2 rings (SSSR count). The van der Waals surface area contributed by atoms with Gasteiger partial charge < -0.3 is 14.4 Å². The lowest BCUT2D eigenvalue weighted by molar-refractivity contribution is -0.141. The molecule has 1 aromatic rings. The van der Waals surface area contributed by atoms with Gasteiger partial charge in [0.15, 0.2) is 11.5 Å². The zero-order chi connectivity index (χ0) is 14.2. The Morgan fingerprint density at radius 2 is 2.11 bits per heavy atom. The maximum absolute atomic E-state index is 12.3. The van der Waals surface area contributed by atoms with Crippen molar-refractivity contribution in [3.63, 3.8) is 0 Å². The van der Waals surface area contributed by atoms with Crippen molar-refractivity contribution in [3.8, 4) is 0 Å². The average Bonchev–Trinajstić information content (AvgIpc) is 2.93. The van der Waals surface area contributed by atoms with Crippen molar-refractivity contribution < 1.29 is 23.9 Å². The highest BCUT2D eigenvalue weighted by Crippen LogP contribution is 2.23. The first-order valence-electron chi connectivity index (χ1n) is 6.07. The number of furan rings is 1. The van der Waals surface area contributed by atoms with Gasteiger partial charge in [-0.15, -0.1) is 0 Å². The van der Waals surface area contributed by atoms with Gasteiger partial charge in [-0.2, -0.15) is 0 Å². The second-order valence-corrected chi connectivity index (χ2v) is 4.63. The molecule has 1 aromatic heterocycles. The summed E-state index contributed by atoms with van der Waals surface area (Å²) in [5.74, 6) is -1.20. The minimum Gasteiger partial charge on any atom is -0.480 e. The maximum Gasteiger partial charge on any atom is 0.326 e. The van der Waals surface area contributed by atoms with Crippen LogP contribution in [0.1, 0.15) is 46.4 Å². The molecule has 0 aromatic carbocycles. The SMILES string of the molecule is CC(=O)c1cc(C(=O)N2CCC[C@H]2C(=O)O)c(C)o1. The Hall–Kier alpha value is -2.11. The Labute approximate surface area is 110 Å². The number of carboxylic acid groups (broad SMARTS) is 1. The van der Waals surface area contributed by atoms with E-state index in [1.165, 1.54) is 17.9 Å². The van der Waals surface area contributed by atoms with E-state index in [2.05, 4.69) is 0 Å². The molecule has 1 atom stereocenters. The molecule has 0 radical (unpaired) electrons. The topological polar surface area (TPSA) is 87.8 Å². The Bertz CT molecular complexity index is 545. The number of aliphatic carboxylic acids is 1. The van der Waals surface area contributed by atoms with Crippen LogP contribution in [0.2, 0.25) is 0 Å². The molecule has 1 amide bonds. The number of hydrogen-bond acceptors (Lipinski definition) is 4. The van der Waals surface area contributed by atoms with Gasteiger partial charge >= 0.3 is 5.97 Å². The van der Waals surface area contributed by atoms with E-state index >= 15 is 0 Å². The van der Waals surface area contributed by atoms with Crippen molar-refractivity contribution in [1.29, 1.82) is 0 Å². The van der Waals surface area contributed by atoms with Crippen LogP contribution >= 0.6 is 0 Å². The number of likely N-dealkylation sites (tertiary alicyclic amines) is 1. The Morgan fingerprint density at radius 1 is 1.42 bits per heavy atom. The number of Topliss-reactive ketones (excluding diaryl/α,β-unsaturated/α-hetero) is 1. The normalized spacial score (nSPS) is 18.6. The second-order valence-electron chi connectivity index (χ2n) is 4.63. The van der Waals surface area contributed by atoms with E-state index in [1.54, 1.807) is 6.92 Å². The monoisotopic (exact) mass is 265 g/mol. The molecule has 1 aliphatic heterocycles. The van der Waals surface area contributed by atoms with Crippen molar-refractivity contribution >= 4 is 17.7 Å². The zero-order valence-electron chi connectivity index (χ0n) is 10.8. The molecule has 19 heavy (non-hydrogen) atoms. The van der Waals surface area contributed by atoms with E-state index in [9.17, 15) is 14.4 Å². The third kappa shape index (κ3) is 2.38. The number of carbonyl (C=O) groups excluding carboxylic acids is 2. The number of aryl methyl sites for hydroxylation is 1. The molecular weight excluding hydrogens is 250 g/mol. The minimum absolute atomic E-state index is 0.118. The molecule has 0 aliphatic carbocycles. The van der Waals surface area contributed by atoms with Crippen molar-refractivity contribution in [1.82, 2.24) is 4.90 Å². The fourth-order valence-electron chi connectivity index (χ4n) is 2.29. The summed E-state index contributed by atoms with van der Waals surface area (Å²) in [6.07, 6.45) is 1.12. The van der Waals surface area contributed by atoms with Crippen LogP contribution in [0.25, 0.3) is 0 Å². The fraction of sp³-hybridized carbons (Fsp3) is 0.462. The molecule has 0 saturated carbocycles. The number of amides is 1. The maximum atomic E-state index is 12.3. The Balaban J connectivity index is 2.29. The van der Waals surface area contributed by atoms with E-state index in [0.717, 1.165) is 0 Å². The largest absolute Gasteiger partial charge is 0.480 e. The van der Waals surface area contributed by atoms with Crippen LogP contribution < -0.4 is 0 Å². The Morgan fingerprint density at radius 3 is 2.63 bits per heavy atom. The predicted octanol–water partition coefficient (Wildman–Crippen LogP) is 1.48. The first-order chi connectivity index (χ1) is 8.91. The van der Waals surface area contributed by atoms with Crippen LogP contribution in [0.15, 0.2) is 10.5 Å². The van der Waals surface area contributed by atoms with Crippen LogP contribution in [0.5, 0.6) is 0 Å². The lowest BCUT2D eigenvalue weighted by Crippen LogP contribution is -2.40. The molecule has 0 bridgehead atoms. The summed E-state index contributed by atoms with van der Waals surface area (Å²) in [5.41, 5.74) is 0.262. The first kappa shape index (κ1) is 13.3. The van der Waals surface area contributed by atoms with Crippen molar-refractivity contribution in [2.24, 2.45) is 0 Å². The standard InChI is InChI=1S/C13H15NO5/c1-7(15)11-6-9(8(2)19-11)12(16)14-5-3-4-10(14)13(17)18/h6,10H,3-5H2,1-2H3,(H,17,18)/t10-/m0/s1. The molecule has 102 valence electrons. The molecule has 6 nitrogen and oxygen atoms in total. The summed E-state index contributed by atoms with van der Waals surface area (Å²) < 4.78 is 5.21. The summed E-state index contributed by atoms with van der Waals surface area (Å²) in [5, 5.41) is 9.07. The zero-order valence-corrected chi connectivity index (χ0v) is 10.8. The van der Waals surface area contributed by atoms with Gasteiger partial charge in [-0.3, -0.25) is 9.59 Å². The summed E-state index contributed by atoms with van der Waals surface area (Å²) in [7, 11) is 0.